The quantitative estimate of drug-likeness (QED) is 0.635. The van der Waals surface area contributed by atoms with Crippen molar-refractivity contribution in [1.29, 1.82) is 0 Å². The molecule has 1 aliphatic rings. The number of nitrogens with zero attached hydrogens (tertiary/aromatic N) is 7. The van der Waals surface area contributed by atoms with E-state index in [1.54, 1.807) is 22.9 Å². The number of fused-ring (bicyclic) bond motifs is 1. The van der Waals surface area contributed by atoms with Crippen molar-refractivity contribution in [2.45, 2.75) is 38.9 Å². The molecule has 1 fully saturated rings. The Morgan fingerprint density at radius 1 is 1.13 bits per heavy atom. The van der Waals surface area contributed by atoms with E-state index in [1.165, 1.54) is 6.07 Å². The summed E-state index contributed by atoms with van der Waals surface area (Å²) in [5.41, 5.74) is 0.646. The largest absolute Gasteiger partial charge is 0.453 e. The molecule has 8 nitrogen and oxygen atoms in total. The number of hydrogen-bond acceptors (Lipinski definition) is 6. The third-order valence-corrected chi connectivity index (χ3v) is 5.14. The third kappa shape index (κ3) is 4.30. The van der Waals surface area contributed by atoms with Gasteiger partial charge in [-0.3, -0.25) is 14.4 Å². The van der Waals surface area contributed by atoms with Gasteiger partial charge in [0.15, 0.2) is 5.65 Å². The maximum atomic E-state index is 13.1. The molecule has 4 heterocycles. The molecule has 4 rings (SSSR count). The van der Waals surface area contributed by atoms with Gasteiger partial charge in [0.25, 0.3) is 5.82 Å². The number of piperidine rings is 1. The standard InChI is InChI=1S/C20H22F3N7O/c1-13(2)24-15-5-3-4-10-29(15)18(31)14-8-11-28(12-9-14)17-7-6-16-25-26-19(20(21,22)23)30(16)27-17/h3-7,10,13-14H,8-9,11-12H2,1-2H3. The molecule has 31 heavy (non-hydrogen) atoms. The van der Waals surface area contributed by atoms with Gasteiger partial charge in [-0.15, -0.1) is 15.3 Å². The van der Waals surface area contributed by atoms with Gasteiger partial charge in [-0.05, 0) is 51.0 Å². The molecule has 0 unspecified atom stereocenters. The average Bonchev–Trinajstić information content (AvgIpc) is 3.17. The van der Waals surface area contributed by atoms with Crippen LogP contribution < -0.4 is 10.4 Å². The van der Waals surface area contributed by atoms with Crippen molar-refractivity contribution in [3.63, 3.8) is 0 Å². The number of alkyl halides is 3. The number of aromatic nitrogens is 5. The summed E-state index contributed by atoms with van der Waals surface area (Å²) < 4.78 is 41.6. The van der Waals surface area contributed by atoms with Crippen LogP contribution in [0.1, 0.15) is 37.3 Å². The first-order chi connectivity index (χ1) is 14.7. The minimum atomic E-state index is -4.64. The van der Waals surface area contributed by atoms with Crippen LogP contribution in [0.5, 0.6) is 0 Å². The fourth-order valence-corrected chi connectivity index (χ4v) is 3.67. The molecule has 3 aromatic heterocycles. The highest BCUT2D eigenvalue weighted by atomic mass is 19.4. The summed E-state index contributed by atoms with van der Waals surface area (Å²) in [4.78, 5) is 19.4. The predicted octanol–water partition coefficient (Wildman–Crippen LogP) is 2.81. The van der Waals surface area contributed by atoms with Crippen molar-refractivity contribution in [3.8, 4) is 0 Å². The van der Waals surface area contributed by atoms with Crippen LogP contribution in [0.15, 0.2) is 41.5 Å². The van der Waals surface area contributed by atoms with Crippen molar-refractivity contribution < 1.29 is 18.0 Å². The first kappa shape index (κ1) is 21.0. The van der Waals surface area contributed by atoms with E-state index >= 15 is 0 Å². The van der Waals surface area contributed by atoms with Gasteiger partial charge in [0.2, 0.25) is 5.91 Å². The zero-order valence-electron chi connectivity index (χ0n) is 17.1. The first-order valence-electron chi connectivity index (χ1n) is 10.0. The Labute approximate surface area is 176 Å². The van der Waals surface area contributed by atoms with Crippen molar-refractivity contribution in [1.82, 2.24) is 24.4 Å². The molecule has 1 saturated heterocycles. The zero-order chi connectivity index (χ0) is 22.2. The molecule has 0 atom stereocenters. The monoisotopic (exact) mass is 433 g/mol. The topological polar surface area (TPSA) is 80.7 Å². The van der Waals surface area contributed by atoms with E-state index < -0.39 is 12.0 Å². The molecule has 0 saturated carbocycles. The van der Waals surface area contributed by atoms with Gasteiger partial charge in [0.05, 0.1) is 0 Å². The second-order valence-electron chi connectivity index (χ2n) is 7.73. The van der Waals surface area contributed by atoms with E-state index in [-0.39, 0.29) is 23.5 Å². The number of pyridine rings is 1. The maximum absolute atomic E-state index is 13.1. The lowest BCUT2D eigenvalue weighted by atomic mass is 9.95. The lowest BCUT2D eigenvalue weighted by Crippen LogP contribution is -2.40. The van der Waals surface area contributed by atoms with Crippen LogP contribution in [0.2, 0.25) is 0 Å². The normalized spacial score (nSPS) is 16.5. The van der Waals surface area contributed by atoms with Crippen molar-refractivity contribution in [3.05, 3.63) is 47.8 Å². The first-order valence-corrected chi connectivity index (χ1v) is 10.0. The number of hydrogen-bond donors (Lipinski definition) is 0. The molecule has 0 aliphatic carbocycles. The number of carbonyl (C=O) groups excluding carboxylic acids is 1. The molecule has 0 radical (unpaired) electrons. The SMILES string of the molecule is CC(C)N=c1ccccn1C(=O)C1CCN(c2ccc3nnc(C(F)(F)F)n3n2)CC1. The Morgan fingerprint density at radius 2 is 1.87 bits per heavy atom. The summed E-state index contributed by atoms with van der Waals surface area (Å²) in [6.07, 6.45) is -1.79. The Kier molecular flexibility index (Phi) is 5.50. The second-order valence-corrected chi connectivity index (χ2v) is 7.73. The van der Waals surface area contributed by atoms with Crippen LogP contribution in [0, 0.1) is 5.92 Å². The molecule has 11 heteroatoms. The van der Waals surface area contributed by atoms with E-state index in [1.807, 2.05) is 30.9 Å². The third-order valence-electron chi connectivity index (χ3n) is 5.14. The molecule has 3 aromatic rings. The molecular weight excluding hydrogens is 411 g/mol. The fourth-order valence-electron chi connectivity index (χ4n) is 3.67. The van der Waals surface area contributed by atoms with E-state index in [9.17, 15) is 18.0 Å². The summed E-state index contributed by atoms with van der Waals surface area (Å²) >= 11 is 0. The van der Waals surface area contributed by atoms with E-state index in [2.05, 4.69) is 20.3 Å². The molecule has 0 bridgehead atoms. The number of halogens is 3. The smallest absolute Gasteiger partial charge is 0.355 e. The molecule has 0 N–H and O–H groups in total. The molecule has 1 aliphatic heterocycles. The summed E-state index contributed by atoms with van der Waals surface area (Å²) in [5.74, 6) is -0.988. The van der Waals surface area contributed by atoms with E-state index in [4.69, 9.17) is 0 Å². The van der Waals surface area contributed by atoms with Crippen molar-refractivity contribution in [2.75, 3.05) is 18.0 Å². The highest BCUT2D eigenvalue weighted by Crippen LogP contribution is 2.28. The molecule has 164 valence electrons. The van der Waals surface area contributed by atoms with Crippen LogP contribution in [-0.4, -0.2) is 49.4 Å². The van der Waals surface area contributed by atoms with Crippen molar-refractivity contribution >= 4 is 17.4 Å². The Balaban J connectivity index is 1.51. The van der Waals surface area contributed by atoms with Crippen LogP contribution in [0.4, 0.5) is 19.0 Å². The fraction of sp³-hybridized carbons (Fsp3) is 0.450. The van der Waals surface area contributed by atoms with Gasteiger partial charge in [0.1, 0.15) is 11.3 Å². The van der Waals surface area contributed by atoms with E-state index in [0.717, 1.165) is 0 Å². The Bertz CT molecular complexity index is 1160. The lowest BCUT2D eigenvalue weighted by Gasteiger charge is -2.32. The zero-order valence-corrected chi connectivity index (χ0v) is 17.1. The minimum absolute atomic E-state index is 0.0266. The summed E-state index contributed by atoms with van der Waals surface area (Å²) in [6, 6.07) is 8.59. The summed E-state index contributed by atoms with van der Waals surface area (Å²) in [7, 11) is 0. The highest BCUT2D eigenvalue weighted by Gasteiger charge is 2.38. The molecule has 0 amide bonds. The van der Waals surface area contributed by atoms with Gasteiger partial charge in [-0.25, -0.2) is 0 Å². The van der Waals surface area contributed by atoms with Gasteiger partial charge in [-0.2, -0.15) is 17.7 Å². The lowest BCUT2D eigenvalue weighted by molar-refractivity contribution is -0.146. The van der Waals surface area contributed by atoms with Gasteiger partial charge >= 0.3 is 6.18 Å². The van der Waals surface area contributed by atoms with Crippen LogP contribution in [0.3, 0.4) is 0 Å². The Morgan fingerprint density at radius 3 is 2.55 bits per heavy atom. The van der Waals surface area contributed by atoms with Crippen molar-refractivity contribution in [2.24, 2.45) is 10.9 Å². The Hall–Kier alpha value is -3.24. The van der Waals surface area contributed by atoms with E-state index in [0.29, 0.717) is 41.8 Å². The number of rotatable bonds is 3. The minimum Gasteiger partial charge on any atom is -0.355 e. The predicted molar refractivity (Wildman–Crippen MR) is 106 cm³/mol. The second kappa shape index (κ2) is 8.12. The molecular formula is C20H22F3N7O. The van der Waals surface area contributed by atoms with Gasteiger partial charge < -0.3 is 4.90 Å². The van der Waals surface area contributed by atoms with Gasteiger partial charge in [-0.1, -0.05) is 6.07 Å². The summed E-state index contributed by atoms with van der Waals surface area (Å²) in [6.45, 7) is 4.90. The average molecular weight is 433 g/mol. The van der Waals surface area contributed by atoms with Gasteiger partial charge in [0, 0.05) is 31.2 Å². The van der Waals surface area contributed by atoms with Crippen LogP contribution >= 0.6 is 0 Å². The molecule has 0 aromatic carbocycles. The van der Waals surface area contributed by atoms with Crippen LogP contribution in [-0.2, 0) is 6.18 Å². The molecule has 0 spiro atoms. The van der Waals surface area contributed by atoms with Crippen LogP contribution in [0.25, 0.3) is 5.65 Å². The maximum Gasteiger partial charge on any atom is 0.453 e. The highest BCUT2D eigenvalue weighted by molar-refractivity contribution is 5.81. The summed E-state index contributed by atoms with van der Waals surface area (Å²) in [5, 5.41) is 10.8. The number of carbonyl (C=O) groups is 1. The number of anilines is 1.